The maximum absolute atomic E-state index is 12.9. The lowest BCUT2D eigenvalue weighted by Gasteiger charge is -2.18. The number of nitrogens with one attached hydrogen (secondary N) is 1. The van der Waals surface area contributed by atoms with Crippen molar-refractivity contribution in [2.45, 2.75) is 39.0 Å². The van der Waals surface area contributed by atoms with Crippen LogP contribution < -0.4 is 11.1 Å². The van der Waals surface area contributed by atoms with Gasteiger partial charge in [0.25, 0.3) is 5.91 Å². The first-order chi connectivity index (χ1) is 12.8. The topological polar surface area (TPSA) is 89.3 Å². The van der Waals surface area contributed by atoms with Crippen molar-refractivity contribution in [1.82, 2.24) is 0 Å². The van der Waals surface area contributed by atoms with Crippen LogP contribution >= 0.6 is 11.3 Å². The second-order valence-corrected chi connectivity index (χ2v) is 8.00. The molecule has 0 aliphatic heterocycles. The average Bonchev–Trinajstić information content (AvgIpc) is 2.97. The lowest BCUT2D eigenvalue weighted by molar-refractivity contribution is -0.116. The van der Waals surface area contributed by atoms with Gasteiger partial charge < -0.3 is 11.1 Å². The summed E-state index contributed by atoms with van der Waals surface area (Å²) < 4.78 is 12.9. The van der Waals surface area contributed by atoms with Crippen molar-refractivity contribution in [3.63, 3.8) is 0 Å². The Balaban J connectivity index is 1.66. The van der Waals surface area contributed by atoms with Gasteiger partial charge in [-0.05, 0) is 55.0 Å². The smallest absolute Gasteiger partial charge is 0.251 e. The summed E-state index contributed by atoms with van der Waals surface area (Å²) in [5.41, 5.74) is 7.25. The lowest BCUT2D eigenvalue weighted by atomic mass is 9.88. The second-order valence-electron chi connectivity index (χ2n) is 6.90. The molecule has 0 radical (unpaired) electrons. The van der Waals surface area contributed by atoms with Crippen molar-refractivity contribution < 1.29 is 18.8 Å². The number of halogens is 1. The van der Waals surface area contributed by atoms with Crippen molar-refractivity contribution in [1.29, 1.82) is 0 Å². The minimum Gasteiger partial charge on any atom is -0.365 e. The van der Waals surface area contributed by atoms with Crippen LogP contribution in [-0.2, 0) is 17.6 Å². The first-order valence-electron chi connectivity index (χ1n) is 8.88. The minimum absolute atomic E-state index is 0.00545. The third kappa shape index (κ3) is 4.42. The predicted octanol–water partition coefficient (Wildman–Crippen LogP) is 3.71. The summed E-state index contributed by atoms with van der Waals surface area (Å²) >= 11 is 1.40. The summed E-state index contributed by atoms with van der Waals surface area (Å²) in [6.07, 6.45) is 2.63. The fourth-order valence-corrected chi connectivity index (χ4v) is 4.73. The number of hydrogen-bond acceptors (Lipinski definition) is 4. The molecule has 0 saturated heterocycles. The summed E-state index contributed by atoms with van der Waals surface area (Å²) in [7, 11) is 0. The van der Waals surface area contributed by atoms with E-state index in [0.717, 1.165) is 29.7 Å². The van der Waals surface area contributed by atoms with Gasteiger partial charge in [-0.3, -0.25) is 14.4 Å². The first kappa shape index (κ1) is 19.2. The Morgan fingerprint density at radius 3 is 2.59 bits per heavy atom. The molecule has 0 bridgehead atoms. The summed E-state index contributed by atoms with van der Waals surface area (Å²) in [4.78, 5) is 37.4. The predicted molar refractivity (Wildman–Crippen MR) is 103 cm³/mol. The van der Waals surface area contributed by atoms with E-state index < -0.39 is 11.7 Å². The molecule has 1 aromatic heterocycles. The zero-order valence-corrected chi connectivity index (χ0v) is 15.8. The third-order valence-electron chi connectivity index (χ3n) is 4.76. The van der Waals surface area contributed by atoms with E-state index in [1.165, 1.54) is 35.6 Å². The van der Waals surface area contributed by atoms with E-state index in [1.54, 1.807) is 0 Å². The molecule has 1 aliphatic rings. The van der Waals surface area contributed by atoms with Gasteiger partial charge in [0.15, 0.2) is 5.78 Å². The lowest BCUT2D eigenvalue weighted by Crippen LogP contribution is -2.19. The number of Topliss-reactive ketones (excluding diaryl/α,β-unsaturated/α-hetero) is 1. The van der Waals surface area contributed by atoms with Gasteiger partial charge in [0.2, 0.25) is 5.91 Å². The molecule has 0 saturated carbocycles. The zero-order valence-electron chi connectivity index (χ0n) is 15.0. The monoisotopic (exact) mass is 388 g/mol. The van der Waals surface area contributed by atoms with Crippen molar-refractivity contribution in [3.05, 3.63) is 51.7 Å². The molecular formula is C20H21FN2O3S. The molecule has 0 fully saturated rings. The summed E-state index contributed by atoms with van der Waals surface area (Å²) in [6, 6.07) is 5.22. The van der Waals surface area contributed by atoms with Crippen LogP contribution in [0.15, 0.2) is 24.3 Å². The number of ketones is 1. The van der Waals surface area contributed by atoms with E-state index in [4.69, 9.17) is 5.73 Å². The van der Waals surface area contributed by atoms with Gasteiger partial charge in [-0.2, -0.15) is 0 Å². The van der Waals surface area contributed by atoms with Gasteiger partial charge in [-0.25, -0.2) is 4.39 Å². The quantitative estimate of drug-likeness (QED) is 0.739. The highest BCUT2D eigenvalue weighted by Gasteiger charge is 2.27. The van der Waals surface area contributed by atoms with Crippen LogP contribution in [0.4, 0.5) is 9.39 Å². The van der Waals surface area contributed by atoms with Crippen molar-refractivity contribution >= 4 is 33.9 Å². The molecule has 1 atom stereocenters. The second kappa shape index (κ2) is 8.00. The van der Waals surface area contributed by atoms with Crippen molar-refractivity contribution in [3.8, 4) is 0 Å². The molecule has 5 nitrogen and oxygen atoms in total. The first-order valence-corrected chi connectivity index (χ1v) is 9.69. The van der Waals surface area contributed by atoms with Crippen LogP contribution in [0.1, 0.15) is 57.3 Å². The number of amides is 2. The standard InChI is InChI=1S/C20H21FN2O3S/c1-11-2-7-14-16(10-11)27-20(18(14)19(22)26)23-17(25)9-8-15(24)12-3-5-13(21)6-4-12/h3-6,11H,2,7-10H2,1H3,(H2,22,26)(H,23,25). The highest BCUT2D eigenvalue weighted by atomic mass is 32.1. The van der Waals surface area contributed by atoms with Crippen LogP contribution in [0.25, 0.3) is 0 Å². The Kier molecular flexibility index (Phi) is 5.70. The summed E-state index contributed by atoms with van der Waals surface area (Å²) in [6.45, 7) is 2.16. The maximum Gasteiger partial charge on any atom is 0.251 e. The number of benzene rings is 1. The molecule has 7 heteroatoms. The van der Waals surface area contributed by atoms with Crippen molar-refractivity contribution in [2.24, 2.45) is 11.7 Å². The van der Waals surface area contributed by atoms with Crippen molar-refractivity contribution in [2.75, 3.05) is 5.32 Å². The molecule has 0 spiro atoms. The van der Waals surface area contributed by atoms with E-state index in [-0.39, 0.29) is 24.5 Å². The Morgan fingerprint density at radius 1 is 1.22 bits per heavy atom. The van der Waals surface area contributed by atoms with E-state index in [9.17, 15) is 18.8 Å². The third-order valence-corrected chi connectivity index (χ3v) is 5.93. The number of fused-ring (bicyclic) bond motifs is 1. The van der Waals surface area contributed by atoms with Crippen LogP contribution in [0.3, 0.4) is 0 Å². The molecule has 1 unspecified atom stereocenters. The van der Waals surface area contributed by atoms with Gasteiger partial charge in [0.1, 0.15) is 10.8 Å². The van der Waals surface area contributed by atoms with Gasteiger partial charge in [0, 0.05) is 23.3 Å². The molecular weight excluding hydrogens is 367 g/mol. The number of carbonyl (C=O) groups excluding carboxylic acids is 3. The van der Waals surface area contributed by atoms with Crippen LogP contribution in [0, 0.1) is 11.7 Å². The molecule has 142 valence electrons. The average molecular weight is 388 g/mol. The number of primary amides is 1. The molecule has 2 aromatic rings. The van der Waals surface area contributed by atoms with Crippen LogP contribution in [-0.4, -0.2) is 17.6 Å². The number of carbonyl (C=O) groups is 3. The Morgan fingerprint density at radius 2 is 1.93 bits per heavy atom. The number of nitrogens with two attached hydrogens (primary N) is 1. The number of rotatable bonds is 6. The maximum atomic E-state index is 12.9. The van der Waals surface area contributed by atoms with E-state index in [0.29, 0.717) is 22.0 Å². The molecule has 1 aromatic carbocycles. The molecule has 27 heavy (non-hydrogen) atoms. The molecule has 1 heterocycles. The molecule has 2 amide bonds. The molecule has 3 N–H and O–H groups in total. The summed E-state index contributed by atoms with van der Waals surface area (Å²) in [5.74, 6) is -1.01. The summed E-state index contributed by atoms with van der Waals surface area (Å²) in [5, 5.41) is 3.22. The van der Waals surface area contributed by atoms with E-state index in [2.05, 4.69) is 12.2 Å². The largest absolute Gasteiger partial charge is 0.365 e. The molecule has 1 aliphatic carbocycles. The van der Waals surface area contributed by atoms with Gasteiger partial charge in [-0.15, -0.1) is 11.3 Å². The fourth-order valence-electron chi connectivity index (χ4n) is 3.30. The molecule has 3 rings (SSSR count). The number of anilines is 1. The van der Waals surface area contributed by atoms with Gasteiger partial charge >= 0.3 is 0 Å². The SMILES string of the molecule is CC1CCc2c(sc(NC(=O)CCC(=O)c3ccc(F)cc3)c2C(N)=O)C1. The number of hydrogen-bond donors (Lipinski definition) is 2. The van der Waals surface area contributed by atoms with Crippen LogP contribution in [0.5, 0.6) is 0 Å². The van der Waals surface area contributed by atoms with E-state index in [1.807, 2.05) is 0 Å². The van der Waals surface area contributed by atoms with E-state index >= 15 is 0 Å². The Bertz CT molecular complexity index is 889. The Labute approximate surface area is 160 Å². The van der Waals surface area contributed by atoms with Gasteiger partial charge in [0.05, 0.1) is 5.56 Å². The zero-order chi connectivity index (χ0) is 19.6. The highest BCUT2D eigenvalue weighted by Crippen LogP contribution is 2.39. The van der Waals surface area contributed by atoms with Gasteiger partial charge in [-0.1, -0.05) is 6.92 Å². The van der Waals surface area contributed by atoms with Crippen LogP contribution in [0.2, 0.25) is 0 Å². The number of thiophene rings is 1. The highest BCUT2D eigenvalue weighted by molar-refractivity contribution is 7.17. The minimum atomic E-state index is -0.542. The fraction of sp³-hybridized carbons (Fsp3) is 0.350. The Hall–Kier alpha value is -2.54. The normalized spacial score (nSPS) is 15.9.